The minimum Gasteiger partial charge on any atom is -0.310 e. The second kappa shape index (κ2) is 13.7. The Morgan fingerprint density at radius 2 is 1.02 bits per heavy atom. The van der Waals surface area contributed by atoms with Crippen molar-refractivity contribution in [2.24, 2.45) is 0 Å². The first-order chi connectivity index (χ1) is 30.9. The van der Waals surface area contributed by atoms with Crippen LogP contribution in [-0.4, -0.2) is 0 Å². The zero-order chi connectivity index (χ0) is 44.4. The average molecular weight is 724 g/mol. The maximum Gasteiger partial charge on any atom is 0.0716 e. The Hall–Kier alpha value is -6.96. The number of hydrogen-bond donors (Lipinski definition) is 0. The monoisotopic (exact) mass is 723 g/mol. The van der Waals surface area contributed by atoms with Gasteiger partial charge in [-0.1, -0.05) is 181 Å². The summed E-state index contributed by atoms with van der Waals surface area (Å²) in [4.78, 5) is 2.13. The summed E-state index contributed by atoms with van der Waals surface area (Å²) in [7, 11) is 0. The van der Waals surface area contributed by atoms with Crippen LogP contribution in [0.4, 0.5) is 17.1 Å². The van der Waals surface area contributed by atoms with Crippen LogP contribution in [0.15, 0.2) is 212 Å². The fourth-order valence-corrected chi connectivity index (χ4v) is 8.74. The maximum absolute atomic E-state index is 9.75. The fraction of sp³-hybridized carbons (Fsp3) is 0.0545. The minimum atomic E-state index is -2.94. The van der Waals surface area contributed by atoms with E-state index in [2.05, 4.69) is 95.9 Å². The molecule has 1 aliphatic rings. The van der Waals surface area contributed by atoms with Gasteiger partial charge in [0, 0.05) is 25.3 Å². The second-order valence-corrected chi connectivity index (χ2v) is 14.3. The lowest BCUT2D eigenvalue weighted by molar-refractivity contribution is 0.761. The molecular formula is C55H41N. The molecule has 0 radical (unpaired) electrons. The van der Waals surface area contributed by atoms with E-state index < -0.39 is 30.7 Å². The Morgan fingerprint density at radius 1 is 0.446 bits per heavy atom. The smallest absolute Gasteiger partial charge is 0.0716 e. The van der Waals surface area contributed by atoms with Crippen molar-refractivity contribution >= 4 is 27.8 Å². The topological polar surface area (TPSA) is 3.24 Å². The third kappa shape index (κ3) is 5.47. The third-order valence-electron chi connectivity index (χ3n) is 11.2. The number of benzene rings is 9. The van der Waals surface area contributed by atoms with Crippen LogP contribution in [0, 0.1) is 13.7 Å². The predicted octanol–water partition coefficient (Wildman–Crippen LogP) is 14.6. The molecule has 0 bridgehead atoms. The largest absolute Gasteiger partial charge is 0.310 e. The number of hydrogen-bond acceptors (Lipinski definition) is 1. The van der Waals surface area contributed by atoms with Crippen LogP contribution in [0.25, 0.3) is 44.2 Å². The van der Waals surface area contributed by atoms with Gasteiger partial charge in [0.1, 0.15) is 0 Å². The van der Waals surface area contributed by atoms with Crippen molar-refractivity contribution in [2.75, 3.05) is 4.90 Å². The molecule has 1 heteroatoms. The Kier molecular flexibility index (Phi) is 6.36. The van der Waals surface area contributed by atoms with Gasteiger partial charge in [-0.05, 0) is 122 Å². The van der Waals surface area contributed by atoms with Gasteiger partial charge in [0.15, 0.2) is 0 Å². The molecule has 9 aromatic rings. The zero-order valence-electron chi connectivity index (χ0n) is 38.5. The molecule has 0 unspecified atom stereocenters. The second-order valence-electron chi connectivity index (χ2n) is 14.3. The minimum absolute atomic E-state index is 0.198. The molecule has 56 heavy (non-hydrogen) atoms. The molecular weight excluding hydrogens is 675 g/mol. The Balaban J connectivity index is 1.26. The summed E-state index contributed by atoms with van der Waals surface area (Å²) in [5.41, 5.74) is 7.57. The van der Waals surface area contributed by atoms with Gasteiger partial charge in [-0.2, -0.15) is 0 Å². The number of rotatable bonds is 7. The molecule has 0 fully saturated rings. The van der Waals surface area contributed by atoms with E-state index in [-0.39, 0.29) is 22.7 Å². The Labute approximate surface area is 341 Å². The summed E-state index contributed by atoms with van der Waals surface area (Å²) in [5, 5.41) is 2.30. The van der Waals surface area contributed by atoms with Gasteiger partial charge in [0.25, 0.3) is 0 Å². The first-order valence-corrected chi connectivity index (χ1v) is 18.9. The van der Waals surface area contributed by atoms with Crippen LogP contribution in [0.2, 0.25) is 0 Å². The van der Waals surface area contributed by atoms with Crippen molar-refractivity contribution in [3.05, 3.63) is 246 Å². The highest BCUT2D eigenvalue weighted by molar-refractivity contribution is 5.97. The van der Waals surface area contributed by atoms with Gasteiger partial charge in [0.2, 0.25) is 0 Å². The molecule has 9 aromatic carbocycles. The van der Waals surface area contributed by atoms with Gasteiger partial charge in [-0.25, -0.2) is 0 Å². The Morgan fingerprint density at radius 3 is 1.68 bits per heavy atom. The lowest BCUT2D eigenvalue weighted by Gasteiger charge is -2.35. The lowest BCUT2D eigenvalue weighted by Crippen LogP contribution is -2.29. The Bertz CT molecular complexity index is 3130. The lowest BCUT2D eigenvalue weighted by atomic mass is 9.66. The van der Waals surface area contributed by atoms with E-state index in [1.807, 2.05) is 109 Å². The zero-order valence-corrected chi connectivity index (χ0v) is 30.5. The van der Waals surface area contributed by atoms with E-state index in [0.29, 0.717) is 16.8 Å². The average Bonchev–Trinajstić information content (AvgIpc) is 3.60. The molecule has 0 heterocycles. The molecule has 0 N–H and O–H groups in total. The van der Waals surface area contributed by atoms with Crippen LogP contribution >= 0.6 is 0 Å². The van der Waals surface area contributed by atoms with E-state index in [1.165, 1.54) is 0 Å². The van der Waals surface area contributed by atoms with Crippen molar-refractivity contribution in [1.82, 2.24) is 0 Å². The SMILES string of the molecule is [2H]c1c2c(c(C([2H])([2H])[2H])c([2H])c1C([2H])([2H])[2H])C(c1ccccc1)(c1ccccc1)c1ccc(N(c3ccc(-c4ccccc4)cc3)c3ccc(-c4cccc5ccccc45)cc3)cc1-2. The highest BCUT2D eigenvalue weighted by Crippen LogP contribution is 2.58. The molecule has 0 saturated carbocycles. The van der Waals surface area contributed by atoms with Gasteiger partial charge in [-0.15, -0.1) is 0 Å². The van der Waals surface area contributed by atoms with E-state index in [1.54, 1.807) is 0 Å². The molecule has 0 spiro atoms. The highest BCUT2D eigenvalue weighted by Gasteiger charge is 2.47. The first kappa shape index (κ1) is 26.0. The molecule has 1 nitrogen and oxygen atoms in total. The van der Waals surface area contributed by atoms with Gasteiger partial charge < -0.3 is 4.90 Å². The molecule has 0 saturated heterocycles. The molecule has 0 aliphatic heterocycles. The quantitative estimate of drug-likeness (QED) is 0.158. The molecule has 0 amide bonds. The van der Waals surface area contributed by atoms with Gasteiger partial charge >= 0.3 is 0 Å². The summed E-state index contributed by atoms with van der Waals surface area (Å²) in [6.45, 7) is -5.85. The van der Waals surface area contributed by atoms with E-state index in [0.717, 1.165) is 55.5 Å². The van der Waals surface area contributed by atoms with Crippen LogP contribution in [0.3, 0.4) is 0 Å². The van der Waals surface area contributed by atoms with Gasteiger partial charge in [-0.3, -0.25) is 0 Å². The van der Waals surface area contributed by atoms with Crippen LogP contribution in [-0.2, 0) is 5.41 Å². The molecule has 0 atom stereocenters. The maximum atomic E-state index is 9.75. The predicted molar refractivity (Wildman–Crippen MR) is 236 cm³/mol. The van der Waals surface area contributed by atoms with Crippen molar-refractivity contribution in [1.29, 1.82) is 0 Å². The molecule has 10 rings (SSSR count). The van der Waals surface area contributed by atoms with E-state index in [4.69, 9.17) is 8.22 Å². The molecule has 266 valence electrons. The summed E-state index contributed by atoms with van der Waals surface area (Å²) in [5.74, 6) is 0. The van der Waals surface area contributed by atoms with Crippen molar-refractivity contribution in [3.8, 4) is 33.4 Å². The van der Waals surface area contributed by atoms with E-state index in [9.17, 15) is 2.74 Å². The molecule has 1 aliphatic carbocycles. The van der Waals surface area contributed by atoms with Crippen molar-refractivity contribution < 1.29 is 11.0 Å². The van der Waals surface area contributed by atoms with Crippen LogP contribution in [0.5, 0.6) is 0 Å². The van der Waals surface area contributed by atoms with Gasteiger partial charge in [0.05, 0.1) is 8.16 Å². The number of anilines is 3. The number of nitrogens with zero attached hydrogens (tertiary/aromatic N) is 1. The summed E-state index contributed by atoms with van der Waals surface area (Å²) < 4.78 is 71.7. The van der Waals surface area contributed by atoms with E-state index >= 15 is 0 Å². The summed E-state index contributed by atoms with van der Waals surface area (Å²) in [6, 6.07) is 65.6. The highest BCUT2D eigenvalue weighted by atomic mass is 15.1. The van der Waals surface area contributed by atoms with Crippen LogP contribution in [0.1, 0.15) is 44.3 Å². The third-order valence-corrected chi connectivity index (χ3v) is 11.2. The van der Waals surface area contributed by atoms with Crippen molar-refractivity contribution in [3.63, 3.8) is 0 Å². The summed E-state index contributed by atoms with van der Waals surface area (Å²) >= 11 is 0. The van der Waals surface area contributed by atoms with Crippen LogP contribution < -0.4 is 4.90 Å². The molecule has 0 aromatic heterocycles. The normalized spacial score (nSPS) is 15.1. The standard InChI is InChI=1S/C55H41N/c1-38-35-39(2)54-52(36-38)51-37-48(33-34-53(51)55(54,44-19-8-4-9-20-44)45-21-10-5-11-22-45)56(46-29-25-41(26-30-46)40-15-6-3-7-16-40)47-31-27-43(28-32-47)50-24-14-18-42-17-12-13-23-49(42)50/h3-37H,1-2H3/i1D3,2D3,35D,36D. The summed E-state index contributed by atoms with van der Waals surface area (Å²) in [6.07, 6.45) is 0. The van der Waals surface area contributed by atoms with Crippen molar-refractivity contribution in [2.45, 2.75) is 19.1 Å². The number of fused-ring (bicyclic) bond motifs is 4. The first-order valence-electron chi connectivity index (χ1n) is 22.9. The fourth-order valence-electron chi connectivity index (χ4n) is 8.74.